The number of hydrogen-bond acceptors (Lipinski definition) is 3. The van der Waals surface area contributed by atoms with Gasteiger partial charge in [0, 0.05) is 5.69 Å². The smallest absolute Gasteiger partial charge is 0.292 e. The second kappa shape index (κ2) is 6.92. The zero-order valence-corrected chi connectivity index (χ0v) is 15.0. The van der Waals surface area contributed by atoms with Crippen molar-refractivity contribution in [3.8, 4) is 0 Å². The van der Waals surface area contributed by atoms with Gasteiger partial charge in [0.05, 0.1) is 38.3 Å². The van der Waals surface area contributed by atoms with Crippen molar-refractivity contribution >= 4 is 23.2 Å². The first-order valence-electron chi connectivity index (χ1n) is 9.21. The van der Waals surface area contributed by atoms with Crippen LogP contribution in [0.15, 0.2) is 54.6 Å². The van der Waals surface area contributed by atoms with E-state index in [1.807, 2.05) is 49.4 Å². The summed E-state index contributed by atoms with van der Waals surface area (Å²) in [6, 6.07) is 17.7. The molecule has 2 aliphatic heterocycles. The summed E-state index contributed by atoms with van der Waals surface area (Å²) < 4.78 is 0. The van der Waals surface area contributed by atoms with E-state index in [-0.39, 0.29) is 17.9 Å². The van der Waals surface area contributed by atoms with Gasteiger partial charge >= 0.3 is 0 Å². The number of para-hydroxylation sites is 1. The average molecular weight is 350 g/mol. The zero-order chi connectivity index (χ0) is 18.1. The first kappa shape index (κ1) is 16.8. The van der Waals surface area contributed by atoms with Crippen molar-refractivity contribution in [1.82, 2.24) is 0 Å². The minimum atomic E-state index is -0.248. The molecular weight excluding hydrogens is 326 g/mol. The molecule has 0 aliphatic carbocycles. The Morgan fingerprint density at radius 2 is 1.54 bits per heavy atom. The van der Waals surface area contributed by atoms with Crippen LogP contribution in [-0.2, 0) is 9.59 Å². The molecule has 2 aromatic carbocycles. The lowest BCUT2D eigenvalue weighted by Gasteiger charge is -2.35. The number of rotatable bonds is 3. The number of hydrogen-bond donors (Lipinski definition) is 1. The van der Waals surface area contributed by atoms with Gasteiger partial charge < -0.3 is 9.80 Å². The van der Waals surface area contributed by atoms with E-state index in [0.29, 0.717) is 12.1 Å². The maximum Gasteiger partial charge on any atom is 0.292 e. The van der Waals surface area contributed by atoms with Crippen LogP contribution in [0.4, 0.5) is 11.4 Å². The van der Waals surface area contributed by atoms with Gasteiger partial charge in [0.1, 0.15) is 0 Å². The molecule has 4 rings (SSSR count). The molecule has 0 saturated carbocycles. The third kappa shape index (κ3) is 3.10. The van der Waals surface area contributed by atoms with E-state index < -0.39 is 0 Å². The molecule has 2 amide bonds. The van der Waals surface area contributed by atoms with Crippen molar-refractivity contribution < 1.29 is 14.5 Å². The van der Waals surface area contributed by atoms with E-state index in [1.54, 1.807) is 0 Å². The van der Waals surface area contributed by atoms with Gasteiger partial charge in [-0.1, -0.05) is 35.9 Å². The van der Waals surface area contributed by atoms with E-state index in [9.17, 15) is 9.59 Å². The number of aryl methyl sites for hydroxylation is 1. The number of benzene rings is 2. The molecule has 0 aromatic heterocycles. The second-order valence-corrected chi connectivity index (χ2v) is 7.14. The molecule has 0 spiro atoms. The van der Waals surface area contributed by atoms with Crippen LogP contribution in [0.25, 0.3) is 0 Å². The zero-order valence-electron chi connectivity index (χ0n) is 15.0. The van der Waals surface area contributed by atoms with Crippen LogP contribution in [0, 0.1) is 6.92 Å². The molecule has 1 atom stereocenters. The summed E-state index contributed by atoms with van der Waals surface area (Å²) in [6.07, 6.45) is 0.313. The third-order valence-electron chi connectivity index (χ3n) is 5.46. The summed E-state index contributed by atoms with van der Waals surface area (Å²) in [7, 11) is 0. The van der Waals surface area contributed by atoms with E-state index in [1.165, 1.54) is 15.5 Å². The molecule has 0 radical (unpaired) electrons. The standard InChI is InChI=1S/C21H23N3O2/c1-16-7-9-18(10-8-16)24-20(25)15-19(21(24)26)23-13-11-22(12-14-23)17-5-3-2-4-6-17/h2-10,19H,11-15H2,1H3/p+1/t19-/m1/s1. The van der Waals surface area contributed by atoms with Gasteiger partial charge in [-0.2, -0.15) is 0 Å². The number of carbonyl (C=O) groups is 2. The van der Waals surface area contributed by atoms with Crippen LogP contribution in [-0.4, -0.2) is 44.0 Å². The Morgan fingerprint density at radius 1 is 0.885 bits per heavy atom. The molecule has 5 heteroatoms. The van der Waals surface area contributed by atoms with Gasteiger partial charge in [0.25, 0.3) is 5.91 Å². The summed E-state index contributed by atoms with van der Waals surface area (Å²) in [6.45, 7) is 5.56. The Hall–Kier alpha value is -2.66. The van der Waals surface area contributed by atoms with Crippen LogP contribution in [0.3, 0.4) is 0 Å². The number of piperazine rings is 1. The predicted molar refractivity (Wildman–Crippen MR) is 101 cm³/mol. The number of carbonyl (C=O) groups excluding carboxylic acids is 2. The molecule has 1 N–H and O–H groups in total. The fourth-order valence-corrected chi connectivity index (χ4v) is 3.96. The Kier molecular flexibility index (Phi) is 4.47. The summed E-state index contributed by atoms with van der Waals surface area (Å²) in [4.78, 5) is 30.4. The Morgan fingerprint density at radius 3 is 2.19 bits per heavy atom. The average Bonchev–Trinajstić information content (AvgIpc) is 2.98. The van der Waals surface area contributed by atoms with Crippen LogP contribution in [0.5, 0.6) is 0 Å². The molecule has 2 aliphatic rings. The summed E-state index contributed by atoms with van der Waals surface area (Å²) in [5.74, 6) is -0.135. The minimum absolute atomic E-state index is 0.0537. The Balaban J connectivity index is 1.44. The summed E-state index contributed by atoms with van der Waals surface area (Å²) in [5.41, 5.74) is 3.03. The fourth-order valence-electron chi connectivity index (χ4n) is 3.96. The van der Waals surface area contributed by atoms with E-state index in [0.717, 1.165) is 31.7 Å². The van der Waals surface area contributed by atoms with Gasteiger partial charge in [0.2, 0.25) is 5.91 Å². The molecule has 2 saturated heterocycles. The van der Waals surface area contributed by atoms with Crippen molar-refractivity contribution in [3.63, 3.8) is 0 Å². The van der Waals surface area contributed by atoms with Gasteiger partial charge in [0.15, 0.2) is 6.04 Å². The first-order valence-corrected chi connectivity index (χ1v) is 9.21. The molecule has 0 bridgehead atoms. The third-order valence-corrected chi connectivity index (χ3v) is 5.46. The molecular formula is C21H24N3O2+. The highest BCUT2D eigenvalue weighted by atomic mass is 16.2. The highest BCUT2D eigenvalue weighted by Crippen LogP contribution is 2.22. The Labute approximate surface area is 153 Å². The maximum atomic E-state index is 12.9. The molecule has 134 valence electrons. The van der Waals surface area contributed by atoms with Crippen LogP contribution in [0.2, 0.25) is 0 Å². The molecule has 2 fully saturated rings. The highest BCUT2D eigenvalue weighted by Gasteiger charge is 2.46. The van der Waals surface area contributed by atoms with Crippen molar-refractivity contribution in [3.05, 3.63) is 60.2 Å². The van der Waals surface area contributed by atoms with Crippen molar-refractivity contribution in [1.29, 1.82) is 0 Å². The SMILES string of the molecule is Cc1ccc(N2C(=O)C[C@@H]([NH+]3CCN(c4ccccc4)CC3)C2=O)cc1. The number of amides is 2. The predicted octanol–water partition coefficient (Wildman–Crippen LogP) is 1.03. The number of anilines is 2. The number of quaternary nitrogens is 1. The first-order chi connectivity index (χ1) is 12.6. The van der Waals surface area contributed by atoms with Gasteiger partial charge in [-0.25, -0.2) is 4.90 Å². The van der Waals surface area contributed by atoms with E-state index in [4.69, 9.17) is 0 Å². The van der Waals surface area contributed by atoms with E-state index >= 15 is 0 Å². The van der Waals surface area contributed by atoms with Crippen molar-refractivity contribution in [2.75, 3.05) is 36.0 Å². The normalized spacial score (nSPS) is 21.5. The van der Waals surface area contributed by atoms with Crippen LogP contribution >= 0.6 is 0 Å². The molecule has 26 heavy (non-hydrogen) atoms. The molecule has 2 aromatic rings. The number of nitrogens with zero attached hydrogens (tertiary/aromatic N) is 2. The highest BCUT2D eigenvalue weighted by molar-refractivity contribution is 6.21. The van der Waals surface area contributed by atoms with Gasteiger partial charge in [-0.05, 0) is 31.2 Å². The largest absolute Gasteiger partial charge is 0.360 e. The maximum absolute atomic E-state index is 12.9. The monoisotopic (exact) mass is 350 g/mol. The molecule has 2 heterocycles. The van der Waals surface area contributed by atoms with E-state index in [2.05, 4.69) is 17.0 Å². The topological polar surface area (TPSA) is 45.1 Å². The number of nitrogens with one attached hydrogen (secondary N) is 1. The van der Waals surface area contributed by atoms with Crippen molar-refractivity contribution in [2.45, 2.75) is 19.4 Å². The molecule has 5 nitrogen and oxygen atoms in total. The molecule has 0 unspecified atom stereocenters. The fraction of sp³-hybridized carbons (Fsp3) is 0.333. The van der Waals surface area contributed by atoms with Gasteiger partial charge in [-0.15, -0.1) is 0 Å². The lowest BCUT2D eigenvalue weighted by Crippen LogP contribution is -3.19. The quantitative estimate of drug-likeness (QED) is 0.841. The lowest BCUT2D eigenvalue weighted by atomic mass is 10.1. The van der Waals surface area contributed by atoms with Crippen LogP contribution in [0.1, 0.15) is 12.0 Å². The minimum Gasteiger partial charge on any atom is -0.360 e. The number of imide groups is 1. The summed E-state index contributed by atoms with van der Waals surface area (Å²) >= 11 is 0. The summed E-state index contributed by atoms with van der Waals surface area (Å²) in [5, 5.41) is 0. The second-order valence-electron chi connectivity index (χ2n) is 7.14. The lowest BCUT2D eigenvalue weighted by molar-refractivity contribution is -0.915. The van der Waals surface area contributed by atoms with Crippen LogP contribution < -0.4 is 14.7 Å². The van der Waals surface area contributed by atoms with Gasteiger partial charge in [-0.3, -0.25) is 9.59 Å². The van der Waals surface area contributed by atoms with Crippen molar-refractivity contribution in [2.24, 2.45) is 0 Å². The Bertz CT molecular complexity index is 796.